The number of aliphatic hydroxyl groups excluding tert-OH is 1. The molecule has 0 bridgehead atoms. The Morgan fingerprint density at radius 3 is 2.52 bits per heavy atom. The molecule has 7 heteroatoms. The molecule has 0 atom stereocenters. The Hall–Kier alpha value is -2.59. The Morgan fingerprint density at radius 2 is 2.00 bits per heavy atom. The molecule has 0 fully saturated rings. The molecule has 0 radical (unpaired) electrons. The number of ether oxygens (including phenoxy) is 1. The van der Waals surface area contributed by atoms with Gasteiger partial charge in [0, 0.05) is 12.3 Å². The number of aliphatic hydroxyl groups is 1. The third-order valence-corrected chi connectivity index (χ3v) is 2.63. The highest BCUT2D eigenvalue weighted by molar-refractivity contribution is 5.46. The maximum atomic E-state index is 12.4. The SMILES string of the molecule is N#Cc1cc(CO)ccc1Oc1ccc(C(F)(F)F)cn1. The molecule has 0 amide bonds. The molecule has 1 heterocycles. The van der Waals surface area contributed by atoms with E-state index < -0.39 is 11.7 Å². The molecule has 0 unspecified atom stereocenters. The lowest BCUT2D eigenvalue weighted by Gasteiger charge is -2.09. The van der Waals surface area contributed by atoms with Gasteiger partial charge in [0.05, 0.1) is 17.7 Å². The van der Waals surface area contributed by atoms with E-state index in [1.165, 1.54) is 12.1 Å². The number of rotatable bonds is 3. The molecule has 0 saturated heterocycles. The van der Waals surface area contributed by atoms with Crippen LogP contribution in [-0.2, 0) is 12.8 Å². The second-order valence-corrected chi connectivity index (χ2v) is 4.09. The van der Waals surface area contributed by atoms with Crippen LogP contribution in [0.1, 0.15) is 16.7 Å². The number of benzene rings is 1. The molecule has 0 saturated carbocycles. The van der Waals surface area contributed by atoms with Gasteiger partial charge >= 0.3 is 6.18 Å². The first kappa shape index (κ1) is 14.8. The number of hydrogen-bond acceptors (Lipinski definition) is 4. The van der Waals surface area contributed by atoms with E-state index in [9.17, 15) is 13.2 Å². The first-order chi connectivity index (χ1) is 9.94. The third kappa shape index (κ3) is 3.49. The standard InChI is InChI=1S/C14H9F3N2O2/c15-14(16,17)11-2-4-13(19-7-11)21-12-3-1-9(8-20)5-10(12)6-18/h1-5,7,20H,8H2. The van der Waals surface area contributed by atoms with Gasteiger partial charge in [-0.15, -0.1) is 0 Å². The number of aromatic nitrogens is 1. The van der Waals surface area contributed by atoms with Crippen molar-refractivity contribution >= 4 is 0 Å². The van der Waals surface area contributed by atoms with Gasteiger partial charge in [0.25, 0.3) is 0 Å². The number of pyridine rings is 1. The number of nitriles is 1. The molecular weight excluding hydrogens is 285 g/mol. The van der Waals surface area contributed by atoms with E-state index in [0.717, 1.165) is 12.1 Å². The van der Waals surface area contributed by atoms with Gasteiger partial charge in [-0.3, -0.25) is 0 Å². The van der Waals surface area contributed by atoms with Crippen LogP contribution in [0.5, 0.6) is 11.6 Å². The summed E-state index contributed by atoms with van der Waals surface area (Å²) in [6.07, 6.45) is -3.81. The van der Waals surface area contributed by atoms with Crippen LogP contribution in [0.15, 0.2) is 36.5 Å². The van der Waals surface area contributed by atoms with Crippen LogP contribution >= 0.6 is 0 Å². The summed E-state index contributed by atoms with van der Waals surface area (Å²) in [5.41, 5.74) is -0.200. The van der Waals surface area contributed by atoms with Crippen molar-refractivity contribution in [1.29, 1.82) is 5.26 Å². The molecule has 0 aliphatic rings. The lowest BCUT2D eigenvalue weighted by molar-refractivity contribution is -0.137. The normalized spacial score (nSPS) is 11.0. The molecule has 21 heavy (non-hydrogen) atoms. The summed E-state index contributed by atoms with van der Waals surface area (Å²) in [7, 11) is 0. The quantitative estimate of drug-likeness (QED) is 0.943. The van der Waals surface area contributed by atoms with E-state index in [1.54, 1.807) is 6.07 Å². The Balaban J connectivity index is 2.25. The smallest absolute Gasteiger partial charge is 0.417 e. The average Bonchev–Trinajstić information content (AvgIpc) is 2.47. The van der Waals surface area contributed by atoms with Gasteiger partial charge in [0.2, 0.25) is 5.88 Å². The zero-order valence-electron chi connectivity index (χ0n) is 10.6. The zero-order valence-corrected chi connectivity index (χ0v) is 10.6. The highest BCUT2D eigenvalue weighted by Crippen LogP contribution is 2.30. The molecule has 2 rings (SSSR count). The van der Waals surface area contributed by atoms with Gasteiger partial charge < -0.3 is 9.84 Å². The van der Waals surface area contributed by atoms with E-state index in [1.807, 2.05) is 6.07 Å². The lowest BCUT2D eigenvalue weighted by Crippen LogP contribution is -2.05. The van der Waals surface area contributed by atoms with Gasteiger partial charge in [-0.1, -0.05) is 6.07 Å². The molecule has 0 spiro atoms. The minimum atomic E-state index is -4.47. The number of hydrogen-bond donors (Lipinski definition) is 1. The topological polar surface area (TPSA) is 66.1 Å². The lowest BCUT2D eigenvalue weighted by atomic mass is 10.1. The summed E-state index contributed by atoms with van der Waals surface area (Å²) in [6.45, 7) is -0.229. The van der Waals surface area contributed by atoms with Crippen molar-refractivity contribution in [2.45, 2.75) is 12.8 Å². The monoisotopic (exact) mass is 294 g/mol. The molecule has 1 N–H and O–H groups in total. The second-order valence-electron chi connectivity index (χ2n) is 4.09. The average molecular weight is 294 g/mol. The number of alkyl halides is 3. The van der Waals surface area contributed by atoms with Gasteiger partial charge in [-0.05, 0) is 23.8 Å². The molecule has 4 nitrogen and oxygen atoms in total. The van der Waals surface area contributed by atoms with E-state index in [-0.39, 0.29) is 23.8 Å². The highest BCUT2D eigenvalue weighted by atomic mass is 19.4. The number of halogens is 3. The third-order valence-electron chi connectivity index (χ3n) is 2.63. The Kier molecular flexibility index (Phi) is 4.10. The largest absolute Gasteiger partial charge is 0.438 e. The Bertz CT molecular complexity index is 676. The van der Waals surface area contributed by atoms with Crippen LogP contribution < -0.4 is 4.74 Å². The fourth-order valence-corrected chi connectivity index (χ4v) is 1.57. The molecule has 2 aromatic rings. The van der Waals surface area contributed by atoms with E-state index in [0.29, 0.717) is 11.8 Å². The van der Waals surface area contributed by atoms with Crippen molar-refractivity contribution in [2.24, 2.45) is 0 Å². The first-order valence-electron chi connectivity index (χ1n) is 5.79. The predicted octanol–water partition coefficient (Wildman–Crippen LogP) is 3.26. The van der Waals surface area contributed by atoms with Crippen LogP contribution in [0.2, 0.25) is 0 Å². The van der Waals surface area contributed by atoms with E-state index in [2.05, 4.69) is 4.98 Å². The van der Waals surface area contributed by atoms with E-state index >= 15 is 0 Å². The molecule has 0 aliphatic heterocycles. The molecule has 1 aromatic carbocycles. The minimum Gasteiger partial charge on any atom is -0.438 e. The highest BCUT2D eigenvalue weighted by Gasteiger charge is 2.30. The second kappa shape index (κ2) is 5.81. The van der Waals surface area contributed by atoms with Crippen molar-refractivity contribution in [2.75, 3.05) is 0 Å². The van der Waals surface area contributed by atoms with Crippen molar-refractivity contribution in [3.05, 3.63) is 53.2 Å². The molecule has 108 valence electrons. The fourth-order valence-electron chi connectivity index (χ4n) is 1.57. The van der Waals surface area contributed by atoms with Gasteiger partial charge in [-0.2, -0.15) is 18.4 Å². The van der Waals surface area contributed by atoms with Crippen LogP contribution in [0.4, 0.5) is 13.2 Å². The van der Waals surface area contributed by atoms with E-state index in [4.69, 9.17) is 15.1 Å². The summed E-state index contributed by atoms with van der Waals surface area (Å²) in [5, 5.41) is 18.0. The van der Waals surface area contributed by atoms with Crippen molar-refractivity contribution in [3.8, 4) is 17.7 Å². The van der Waals surface area contributed by atoms with Crippen LogP contribution in [0.3, 0.4) is 0 Å². The Morgan fingerprint density at radius 1 is 1.24 bits per heavy atom. The summed E-state index contributed by atoms with van der Waals surface area (Å²) in [5.74, 6) is 0.0956. The summed E-state index contributed by atoms with van der Waals surface area (Å²) < 4.78 is 42.5. The zero-order chi connectivity index (χ0) is 15.5. The maximum absolute atomic E-state index is 12.4. The van der Waals surface area contributed by atoms with Crippen molar-refractivity contribution < 1.29 is 23.0 Å². The maximum Gasteiger partial charge on any atom is 0.417 e. The summed E-state index contributed by atoms with van der Waals surface area (Å²) in [4.78, 5) is 3.56. The van der Waals surface area contributed by atoms with Crippen molar-refractivity contribution in [1.82, 2.24) is 4.98 Å². The Labute approximate surface area is 118 Å². The van der Waals surface area contributed by atoms with Crippen molar-refractivity contribution in [3.63, 3.8) is 0 Å². The van der Waals surface area contributed by atoms with Gasteiger partial charge in [0.15, 0.2) is 0 Å². The number of nitrogens with zero attached hydrogens (tertiary/aromatic N) is 2. The van der Waals surface area contributed by atoms with Crippen LogP contribution in [0, 0.1) is 11.3 Å². The predicted molar refractivity (Wildman–Crippen MR) is 66.4 cm³/mol. The molecule has 1 aromatic heterocycles. The summed E-state index contributed by atoms with van der Waals surface area (Å²) in [6, 6.07) is 8.22. The first-order valence-corrected chi connectivity index (χ1v) is 5.79. The van der Waals surface area contributed by atoms with Crippen LogP contribution in [0.25, 0.3) is 0 Å². The van der Waals surface area contributed by atoms with Gasteiger partial charge in [-0.25, -0.2) is 4.98 Å². The minimum absolute atomic E-state index is 0.0590. The van der Waals surface area contributed by atoms with Crippen LogP contribution in [-0.4, -0.2) is 10.1 Å². The molecule has 0 aliphatic carbocycles. The summed E-state index contributed by atoms with van der Waals surface area (Å²) >= 11 is 0. The van der Waals surface area contributed by atoms with Gasteiger partial charge in [0.1, 0.15) is 11.8 Å². The fraction of sp³-hybridized carbons (Fsp3) is 0.143. The molecular formula is C14H9F3N2O2.